The second-order valence-corrected chi connectivity index (χ2v) is 6.13. The SMILES string of the molecule is CC(C)[C@H](NC(=O)c1ccco1)C(=O)OCC(=O)Nc1ccc([N+](=O)[O-])cc1. The molecule has 2 N–H and O–H groups in total. The van der Waals surface area contributed by atoms with Gasteiger partial charge in [-0.25, -0.2) is 4.79 Å². The summed E-state index contributed by atoms with van der Waals surface area (Å²) in [5, 5.41) is 15.6. The molecule has 28 heavy (non-hydrogen) atoms. The standard InChI is InChI=1S/C18H19N3O7/c1-11(2)16(20-17(23)14-4-3-9-27-14)18(24)28-10-15(22)19-12-5-7-13(8-6-12)21(25)26/h3-9,11,16H,10H2,1-2H3,(H,19,22)(H,20,23)/t16-/m0/s1. The second-order valence-electron chi connectivity index (χ2n) is 6.13. The van der Waals surface area contributed by atoms with Crippen LogP contribution in [0, 0.1) is 16.0 Å². The van der Waals surface area contributed by atoms with Gasteiger partial charge in [0.25, 0.3) is 17.5 Å². The first-order valence-electron chi connectivity index (χ1n) is 8.33. The van der Waals surface area contributed by atoms with Crippen molar-refractivity contribution in [1.82, 2.24) is 5.32 Å². The van der Waals surface area contributed by atoms with Gasteiger partial charge in [0.2, 0.25) is 0 Å². The van der Waals surface area contributed by atoms with Gasteiger partial charge in [-0.2, -0.15) is 0 Å². The molecule has 2 rings (SSSR count). The molecule has 0 aliphatic rings. The number of nitro groups is 1. The summed E-state index contributed by atoms with van der Waals surface area (Å²) in [5.41, 5.74) is 0.203. The normalized spacial score (nSPS) is 11.5. The number of anilines is 1. The Balaban J connectivity index is 1.88. The van der Waals surface area contributed by atoms with E-state index in [-0.39, 0.29) is 17.4 Å². The minimum atomic E-state index is -0.968. The number of carbonyl (C=O) groups is 3. The van der Waals surface area contributed by atoms with Crippen LogP contribution in [0.4, 0.5) is 11.4 Å². The van der Waals surface area contributed by atoms with Crippen molar-refractivity contribution < 1.29 is 28.5 Å². The van der Waals surface area contributed by atoms with Crippen LogP contribution in [0.15, 0.2) is 47.1 Å². The Morgan fingerprint density at radius 2 is 1.86 bits per heavy atom. The maximum absolute atomic E-state index is 12.2. The van der Waals surface area contributed by atoms with Crippen LogP contribution in [-0.2, 0) is 14.3 Å². The fourth-order valence-electron chi connectivity index (χ4n) is 2.21. The Hall–Kier alpha value is -3.69. The number of ether oxygens (including phenoxy) is 1. The van der Waals surface area contributed by atoms with Crippen LogP contribution in [0.1, 0.15) is 24.4 Å². The minimum absolute atomic E-state index is 0.0503. The number of nitrogens with zero attached hydrogens (tertiary/aromatic N) is 1. The van der Waals surface area contributed by atoms with E-state index in [1.54, 1.807) is 19.9 Å². The first-order valence-corrected chi connectivity index (χ1v) is 8.33. The first-order chi connectivity index (χ1) is 13.3. The quantitative estimate of drug-likeness (QED) is 0.400. The molecule has 1 aromatic carbocycles. The molecule has 148 valence electrons. The molecule has 1 heterocycles. The topological polar surface area (TPSA) is 141 Å². The highest BCUT2D eigenvalue weighted by Crippen LogP contribution is 2.15. The largest absolute Gasteiger partial charge is 0.459 e. The molecule has 2 amide bonds. The Labute approximate surface area is 160 Å². The summed E-state index contributed by atoms with van der Waals surface area (Å²) in [4.78, 5) is 46.2. The van der Waals surface area contributed by atoms with Gasteiger partial charge in [0, 0.05) is 17.8 Å². The molecular formula is C18H19N3O7. The van der Waals surface area contributed by atoms with Crippen molar-refractivity contribution in [2.24, 2.45) is 5.92 Å². The lowest BCUT2D eigenvalue weighted by Gasteiger charge is -2.20. The van der Waals surface area contributed by atoms with Gasteiger partial charge in [-0.1, -0.05) is 13.8 Å². The van der Waals surface area contributed by atoms with Crippen molar-refractivity contribution in [1.29, 1.82) is 0 Å². The minimum Gasteiger partial charge on any atom is -0.459 e. The Kier molecular flexibility index (Phi) is 6.85. The number of nitrogens with one attached hydrogen (secondary N) is 2. The van der Waals surface area contributed by atoms with E-state index in [9.17, 15) is 24.5 Å². The van der Waals surface area contributed by atoms with Crippen molar-refractivity contribution in [3.05, 3.63) is 58.5 Å². The molecule has 0 fully saturated rings. The van der Waals surface area contributed by atoms with Crippen LogP contribution < -0.4 is 10.6 Å². The van der Waals surface area contributed by atoms with Crippen LogP contribution in [0.2, 0.25) is 0 Å². The maximum Gasteiger partial charge on any atom is 0.329 e. The summed E-state index contributed by atoms with van der Waals surface area (Å²) in [6, 6.07) is 7.22. The van der Waals surface area contributed by atoms with E-state index in [2.05, 4.69) is 10.6 Å². The van der Waals surface area contributed by atoms with Gasteiger partial charge in [0.15, 0.2) is 12.4 Å². The van der Waals surface area contributed by atoms with Crippen molar-refractivity contribution in [3.8, 4) is 0 Å². The smallest absolute Gasteiger partial charge is 0.329 e. The van der Waals surface area contributed by atoms with E-state index in [0.717, 1.165) is 0 Å². The van der Waals surface area contributed by atoms with E-state index < -0.39 is 35.4 Å². The van der Waals surface area contributed by atoms with E-state index in [1.165, 1.54) is 36.6 Å². The van der Waals surface area contributed by atoms with Gasteiger partial charge in [0.05, 0.1) is 11.2 Å². The fraction of sp³-hybridized carbons (Fsp3) is 0.278. The Morgan fingerprint density at radius 3 is 2.39 bits per heavy atom. The molecule has 10 nitrogen and oxygen atoms in total. The van der Waals surface area contributed by atoms with Gasteiger partial charge in [0.1, 0.15) is 6.04 Å². The van der Waals surface area contributed by atoms with Crippen molar-refractivity contribution in [3.63, 3.8) is 0 Å². The highest BCUT2D eigenvalue weighted by molar-refractivity contribution is 5.96. The molecule has 2 aromatic rings. The first kappa shape index (κ1) is 20.6. The molecule has 0 aliphatic carbocycles. The van der Waals surface area contributed by atoms with Gasteiger partial charge >= 0.3 is 5.97 Å². The zero-order valence-corrected chi connectivity index (χ0v) is 15.2. The van der Waals surface area contributed by atoms with Crippen LogP contribution in [0.25, 0.3) is 0 Å². The lowest BCUT2D eigenvalue weighted by atomic mass is 10.0. The number of carbonyl (C=O) groups excluding carboxylic acids is 3. The van der Waals surface area contributed by atoms with Crippen molar-refractivity contribution in [2.75, 3.05) is 11.9 Å². The van der Waals surface area contributed by atoms with Crippen LogP contribution in [0.5, 0.6) is 0 Å². The van der Waals surface area contributed by atoms with Gasteiger partial charge in [-0.3, -0.25) is 19.7 Å². The third kappa shape index (κ3) is 5.66. The predicted molar refractivity (Wildman–Crippen MR) is 97.5 cm³/mol. The maximum atomic E-state index is 12.2. The molecule has 0 spiro atoms. The lowest BCUT2D eigenvalue weighted by Crippen LogP contribution is -2.45. The van der Waals surface area contributed by atoms with Gasteiger partial charge in [-0.05, 0) is 30.2 Å². The summed E-state index contributed by atoms with van der Waals surface area (Å²) in [6.45, 7) is 2.85. The third-order valence-corrected chi connectivity index (χ3v) is 3.66. The molecule has 1 atom stereocenters. The summed E-state index contributed by atoms with van der Waals surface area (Å²) in [6.07, 6.45) is 1.33. The summed E-state index contributed by atoms with van der Waals surface area (Å²) in [5.74, 6) is -2.20. The van der Waals surface area contributed by atoms with Gasteiger partial charge in [-0.15, -0.1) is 0 Å². The van der Waals surface area contributed by atoms with Gasteiger partial charge < -0.3 is 19.8 Å². The molecule has 0 saturated heterocycles. The number of hydrogen-bond donors (Lipinski definition) is 2. The average Bonchev–Trinajstić information content (AvgIpc) is 3.19. The molecule has 10 heteroatoms. The molecule has 0 radical (unpaired) electrons. The summed E-state index contributed by atoms with van der Waals surface area (Å²) in [7, 11) is 0. The summed E-state index contributed by atoms with van der Waals surface area (Å²) < 4.78 is 9.95. The molecule has 1 aromatic heterocycles. The van der Waals surface area contributed by atoms with E-state index >= 15 is 0 Å². The molecule has 0 unspecified atom stereocenters. The lowest BCUT2D eigenvalue weighted by molar-refractivity contribution is -0.384. The Bertz CT molecular complexity index is 845. The molecule has 0 aliphatic heterocycles. The highest BCUT2D eigenvalue weighted by atomic mass is 16.6. The van der Waals surface area contributed by atoms with Crippen molar-refractivity contribution >= 4 is 29.2 Å². The second kappa shape index (κ2) is 9.31. The molecular weight excluding hydrogens is 370 g/mol. The third-order valence-electron chi connectivity index (χ3n) is 3.66. The monoisotopic (exact) mass is 389 g/mol. The fourth-order valence-corrected chi connectivity index (χ4v) is 2.21. The predicted octanol–water partition coefficient (Wildman–Crippen LogP) is 2.12. The molecule has 0 bridgehead atoms. The number of benzene rings is 1. The highest BCUT2D eigenvalue weighted by Gasteiger charge is 2.27. The number of amides is 2. The van der Waals surface area contributed by atoms with E-state index in [1.807, 2.05) is 0 Å². The number of hydrogen-bond acceptors (Lipinski definition) is 7. The Morgan fingerprint density at radius 1 is 1.18 bits per heavy atom. The van der Waals surface area contributed by atoms with Crippen LogP contribution >= 0.6 is 0 Å². The number of rotatable bonds is 8. The zero-order chi connectivity index (χ0) is 20.7. The van der Waals surface area contributed by atoms with Crippen LogP contribution in [0.3, 0.4) is 0 Å². The number of nitro benzene ring substituents is 1. The number of non-ortho nitro benzene ring substituents is 1. The number of esters is 1. The zero-order valence-electron chi connectivity index (χ0n) is 15.2. The van der Waals surface area contributed by atoms with Crippen molar-refractivity contribution in [2.45, 2.75) is 19.9 Å². The summed E-state index contributed by atoms with van der Waals surface area (Å²) >= 11 is 0. The van der Waals surface area contributed by atoms with Crippen LogP contribution in [-0.4, -0.2) is 35.4 Å². The van der Waals surface area contributed by atoms with E-state index in [0.29, 0.717) is 5.69 Å². The average molecular weight is 389 g/mol. The number of furan rings is 1. The van der Waals surface area contributed by atoms with E-state index in [4.69, 9.17) is 9.15 Å². The molecule has 0 saturated carbocycles.